The summed E-state index contributed by atoms with van der Waals surface area (Å²) in [6.45, 7) is 5.52. The maximum atomic E-state index is 5.14. The second kappa shape index (κ2) is 6.51. The molecule has 2 heterocycles. The molecule has 0 amide bonds. The molecular formula is C13H22N6O. The van der Waals surface area contributed by atoms with Crippen molar-refractivity contribution in [3.63, 3.8) is 0 Å². The van der Waals surface area contributed by atoms with Crippen LogP contribution in [0.2, 0.25) is 0 Å². The fourth-order valence-electron chi connectivity index (χ4n) is 2.10. The van der Waals surface area contributed by atoms with Crippen molar-refractivity contribution in [2.75, 3.05) is 19.0 Å². The van der Waals surface area contributed by atoms with Gasteiger partial charge in [0, 0.05) is 39.4 Å². The third-order valence-electron chi connectivity index (χ3n) is 3.07. The number of anilines is 1. The van der Waals surface area contributed by atoms with Gasteiger partial charge in [-0.2, -0.15) is 0 Å². The van der Waals surface area contributed by atoms with Gasteiger partial charge in [-0.25, -0.2) is 4.98 Å². The highest BCUT2D eigenvalue weighted by molar-refractivity contribution is 5.30. The molecule has 7 nitrogen and oxygen atoms in total. The molecule has 2 rings (SSSR count). The quantitative estimate of drug-likeness (QED) is 0.818. The van der Waals surface area contributed by atoms with Crippen LogP contribution in [-0.4, -0.2) is 44.1 Å². The predicted octanol–water partition coefficient (Wildman–Crippen LogP) is 1.01. The largest absolute Gasteiger partial charge is 0.383 e. The highest BCUT2D eigenvalue weighted by Crippen LogP contribution is 2.11. The maximum Gasteiger partial charge on any atom is 0.203 e. The monoisotopic (exact) mass is 278 g/mol. The van der Waals surface area contributed by atoms with Crippen molar-refractivity contribution < 1.29 is 4.74 Å². The lowest BCUT2D eigenvalue weighted by molar-refractivity contribution is 0.190. The Balaban J connectivity index is 2.02. The van der Waals surface area contributed by atoms with Crippen LogP contribution in [0, 0.1) is 6.92 Å². The second-order valence-corrected chi connectivity index (χ2v) is 5.01. The van der Waals surface area contributed by atoms with Crippen LogP contribution in [0.15, 0.2) is 12.5 Å². The standard InChI is InChI=1S/C13H22N6O/c1-10-7-19(6-5-12-17-14-9-18(12)3)13(15-10)16-11(2)8-20-4/h7,9,11H,5-6,8H2,1-4H3,(H,15,16). The van der Waals surface area contributed by atoms with Crippen LogP contribution < -0.4 is 5.32 Å². The van der Waals surface area contributed by atoms with E-state index in [2.05, 4.69) is 32.0 Å². The van der Waals surface area contributed by atoms with Gasteiger partial charge in [0.1, 0.15) is 12.2 Å². The van der Waals surface area contributed by atoms with Gasteiger partial charge in [-0.3, -0.25) is 0 Å². The first-order valence-corrected chi connectivity index (χ1v) is 6.72. The number of hydrogen-bond acceptors (Lipinski definition) is 5. The number of methoxy groups -OCH3 is 1. The summed E-state index contributed by atoms with van der Waals surface area (Å²) in [6.07, 6.45) is 4.58. The summed E-state index contributed by atoms with van der Waals surface area (Å²) in [5.41, 5.74) is 0.995. The van der Waals surface area contributed by atoms with Crippen LogP contribution in [0.3, 0.4) is 0 Å². The fourth-order valence-corrected chi connectivity index (χ4v) is 2.10. The zero-order valence-electron chi connectivity index (χ0n) is 12.5. The van der Waals surface area contributed by atoms with E-state index in [0.29, 0.717) is 6.61 Å². The van der Waals surface area contributed by atoms with Crippen molar-refractivity contribution in [2.45, 2.75) is 32.9 Å². The molecule has 2 aromatic heterocycles. The van der Waals surface area contributed by atoms with Gasteiger partial charge >= 0.3 is 0 Å². The number of hydrogen-bond donors (Lipinski definition) is 1. The van der Waals surface area contributed by atoms with E-state index >= 15 is 0 Å². The Bertz CT molecular complexity index is 547. The third kappa shape index (κ3) is 3.57. The summed E-state index contributed by atoms with van der Waals surface area (Å²) in [5, 5.41) is 11.3. The van der Waals surface area contributed by atoms with Crippen molar-refractivity contribution >= 4 is 5.95 Å². The smallest absolute Gasteiger partial charge is 0.203 e. The van der Waals surface area contributed by atoms with E-state index < -0.39 is 0 Å². The summed E-state index contributed by atoms with van der Waals surface area (Å²) >= 11 is 0. The number of nitrogens with one attached hydrogen (secondary N) is 1. The average molecular weight is 278 g/mol. The summed E-state index contributed by atoms with van der Waals surface area (Å²) in [7, 11) is 3.65. The number of aryl methyl sites for hydroxylation is 4. The predicted molar refractivity (Wildman–Crippen MR) is 76.6 cm³/mol. The third-order valence-corrected chi connectivity index (χ3v) is 3.07. The summed E-state index contributed by atoms with van der Waals surface area (Å²) in [5.74, 6) is 1.83. The summed E-state index contributed by atoms with van der Waals surface area (Å²) in [4.78, 5) is 4.51. The fraction of sp³-hybridized carbons (Fsp3) is 0.615. The number of aromatic nitrogens is 5. The number of nitrogens with zero attached hydrogens (tertiary/aromatic N) is 5. The van der Waals surface area contributed by atoms with Crippen molar-refractivity contribution in [3.8, 4) is 0 Å². The molecule has 20 heavy (non-hydrogen) atoms. The number of imidazole rings is 1. The summed E-state index contributed by atoms with van der Waals surface area (Å²) < 4.78 is 9.18. The molecule has 0 saturated heterocycles. The Kier molecular flexibility index (Phi) is 4.73. The molecule has 0 aliphatic carbocycles. The topological polar surface area (TPSA) is 69.8 Å². The highest BCUT2D eigenvalue weighted by atomic mass is 16.5. The molecule has 1 atom stereocenters. The summed E-state index contributed by atoms with van der Waals surface area (Å²) in [6, 6.07) is 0.218. The first-order chi connectivity index (χ1) is 9.60. The van der Waals surface area contributed by atoms with Crippen molar-refractivity contribution in [1.29, 1.82) is 0 Å². The Labute approximate surface area is 119 Å². The van der Waals surface area contributed by atoms with E-state index in [-0.39, 0.29) is 6.04 Å². The first kappa shape index (κ1) is 14.5. The van der Waals surface area contributed by atoms with Gasteiger partial charge in [0.2, 0.25) is 5.95 Å². The van der Waals surface area contributed by atoms with Gasteiger partial charge < -0.3 is 19.2 Å². The Morgan fingerprint density at radius 1 is 1.45 bits per heavy atom. The zero-order chi connectivity index (χ0) is 14.5. The molecular weight excluding hydrogens is 256 g/mol. The molecule has 1 unspecified atom stereocenters. The molecule has 0 saturated carbocycles. The van der Waals surface area contributed by atoms with E-state index in [9.17, 15) is 0 Å². The van der Waals surface area contributed by atoms with E-state index in [4.69, 9.17) is 4.74 Å². The normalized spacial score (nSPS) is 12.6. The molecule has 0 aliphatic rings. The van der Waals surface area contributed by atoms with E-state index in [1.807, 2.05) is 24.7 Å². The molecule has 0 radical (unpaired) electrons. The minimum absolute atomic E-state index is 0.218. The molecule has 0 aromatic carbocycles. The van der Waals surface area contributed by atoms with Crippen LogP contribution in [0.5, 0.6) is 0 Å². The lowest BCUT2D eigenvalue weighted by atomic mass is 10.3. The van der Waals surface area contributed by atoms with Gasteiger partial charge in [0.15, 0.2) is 0 Å². The molecule has 1 N–H and O–H groups in total. The lowest BCUT2D eigenvalue weighted by Gasteiger charge is -2.15. The number of rotatable bonds is 7. The molecule has 0 aliphatic heterocycles. The minimum atomic E-state index is 0.218. The SMILES string of the molecule is COCC(C)Nc1nc(C)cn1CCc1nncn1C. The van der Waals surface area contributed by atoms with Gasteiger partial charge in [0.25, 0.3) is 0 Å². The molecule has 0 spiro atoms. The van der Waals surface area contributed by atoms with E-state index in [1.54, 1.807) is 13.4 Å². The Morgan fingerprint density at radius 2 is 2.25 bits per heavy atom. The van der Waals surface area contributed by atoms with Crippen molar-refractivity contribution in [2.24, 2.45) is 7.05 Å². The van der Waals surface area contributed by atoms with Crippen LogP contribution >= 0.6 is 0 Å². The average Bonchev–Trinajstić information content (AvgIpc) is 2.93. The lowest BCUT2D eigenvalue weighted by Crippen LogP contribution is -2.23. The van der Waals surface area contributed by atoms with Gasteiger partial charge in [-0.15, -0.1) is 10.2 Å². The molecule has 0 fully saturated rings. The molecule has 7 heteroatoms. The van der Waals surface area contributed by atoms with Gasteiger partial charge in [-0.1, -0.05) is 0 Å². The van der Waals surface area contributed by atoms with Crippen LogP contribution in [0.1, 0.15) is 18.4 Å². The zero-order valence-corrected chi connectivity index (χ0v) is 12.5. The molecule has 110 valence electrons. The minimum Gasteiger partial charge on any atom is -0.383 e. The maximum absolute atomic E-state index is 5.14. The Morgan fingerprint density at radius 3 is 2.90 bits per heavy atom. The van der Waals surface area contributed by atoms with Crippen molar-refractivity contribution in [1.82, 2.24) is 24.3 Å². The van der Waals surface area contributed by atoms with Crippen molar-refractivity contribution in [3.05, 3.63) is 24.0 Å². The van der Waals surface area contributed by atoms with Gasteiger partial charge in [-0.05, 0) is 13.8 Å². The molecule has 0 bridgehead atoms. The molecule has 2 aromatic rings. The first-order valence-electron chi connectivity index (χ1n) is 6.72. The second-order valence-electron chi connectivity index (χ2n) is 5.01. The van der Waals surface area contributed by atoms with E-state index in [0.717, 1.165) is 30.4 Å². The van der Waals surface area contributed by atoms with Gasteiger partial charge in [0.05, 0.1) is 12.3 Å². The Hall–Kier alpha value is -1.89. The van der Waals surface area contributed by atoms with Crippen LogP contribution in [0.4, 0.5) is 5.95 Å². The highest BCUT2D eigenvalue weighted by Gasteiger charge is 2.10. The van der Waals surface area contributed by atoms with Crippen LogP contribution in [0.25, 0.3) is 0 Å². The van der Waals surface area contributed by atoms with Crippen LogP contribution in [-0.2, 0) is 24.8 Å². The number of ether oxygens (including phenoxy) is 1. The van der Waals surface area contributed by atoms with E-state index in [1.165, 1.54) is 0 Å².